The van der Waals surface area contributed by atoms with Gasteiger partial charge in [-0.1, -0.05) is 18.2 Å². The van der Waals surface area contributed by atoms with E-state index in [9.17, 15) is 14.4 Å². The molecule has 1 aromatic carbocycles. The SMILES string of the molecule is CCOC(=O)c1oc2ccccc2c1COC(=O)Cc1csc(N2CCCC2=O)n1. The lowest BCUT2D eigenvalue weighted by Crippen LogP contribution is -2.23. The van der Waals surface area contributed by atoms with E-state index in [2.05, 4.69) is 4.98 Å². The molecule has 3 heterocycles. The summed E-state index contributed by atoms with van der Waals surface area (Å²) in [5, 5.41) is 3.04. The number of aromatic nitrogens is 1. The second-order valence-electron chi connectivity index (χ2n) is 6.73. The highest BCUT2D eigenvalue weighted by atomic mass is 32.1. The predicted octanol–water partition coefficient (Wildman–Crippen LogP) is 3.48. The number of thiazole rings is 1. The Morgan fingerprint density at radius 3 is 2.87 bits per heavy atom. The summed E-state index contributed by atoms with van der Waals surface area (Å²) in [4.78, 5) is 42.4. The van der Waals surface area contributed by atoms with E-state index in [4.69, 9.17) is 13.9 Å². The van der Waals surface area contributed by atoms with E-state index in [1.54, 1.807) is 35.4 Å². The molecule has 0 saturated carbocycles. The fourth-order valence-corrected chi connectivity index (χ4v) is 4.17. The zero-order valence-corrected chi connectivity index (χ0v) is 17.2. The van der Waals surface area contributed by atoms with Gasteiger partial charge in [-0.25, -0.2) is 9.78 Å². The summed E-state index contributed by atoms with van der Waals surface area (Å²) in [6.45, 7) is 2.45. The minimum atomic E-state index is -0.598. The molecule has 1 amide bonds. The third-order valence-corrected chi connectivity index (χ3v) is 5.62. The maximum Gasteiger partial charge on any atom is 0.374 e. The van der Waals surface area contributed by atoms with Crippen LogP contribution in [0.15, 0.2) is 34.1 Å². The van der Waals surface area contributed by atoms with Gasteiger partial charge < -0.3 is 13.9 Å². The minimum absolute atomic E-state index is 0.0247. The number of furan rings is 1. The molecule has 0 bridgehead atoms. The maximum absolute atomic E-state index is 12.4. The Labute approximate surface area is 176 Å². The van der Waals surface area contributed by atoms with Gasteiger partial charge in [-0.15, -0.1) is 11.3 Å². The number of benzene rings is 1. The molecule has 2 aromatic heterocycles. The number of amides is 1. The van der Waals surface area contributed by atoms with Gasteiger partial charge in [0, 0.05) is 23.7 Å². The van der Waals surface area contributed by atoms with Gasteiger partial charge in [0.1, 0.15) is 12.2 Å². The van der Waals surface area contributed by atoms with E-state index in [1.165, 1.54) is 11.3 Å². The third-order valence-electron chi connectivity index (χ3n) is 4.71. The van der Waals surface area contributed by atoms with Crippen LogP contribution in [0.4, 0.5) is 5.13 Å². The van der Waals surface area contributed by atoms with Gasteiger partial charge >= 0.3 is 11.9 Å². The van der Waals surface area contributed by atoms with E-state index < -0.39 is 11.9 Å². The second-order valence-corrected chi connectivity index (χ2v) is 7.57. The van der Waals surface area contributed by atoms with Crippen molar-refractivity contribution < 1.29 is 28.3 Å². The molecular formula is C21H20N2O6S. The topological polar surface area (TPSA) is 98.9 Å². The average molecular weight is 428 g/mol. The lowest BCUT2D eigenvalue weighted by Gasteiger charge is -2.10. The molecule has 1 aliphatic heterocycles. The zero-order valence-electron chi connectivity index (χ0n) is 16.4. The molecule has 0 radical (unpaired) electrons. The number of ether oxygens (including phenoxy) is 2. The number of esters is 2. The molecule has 1 fully saturated rings. The molecule has 156 valence electrons. The predicted molar refractivity (Wildman–Crippen MR) is 109 cm³/mol. The summed E-state index contributed by atoms with van der Waals surface area (Å²) in [6.07, 6.45) is 1.32. The monoisotopic (exact) mass is 428 g/mol. The van der Waals surface area contributed by atoms with Crippen LogP contribution in [-0.4, -0.2) is 36.0 Å². The molecule has 0 spiro atoms. The van der Waals surface area contributed by atoms with Gasteiger partial charge in [0.2, 0.25) is 11.7 Å². The molecule has 8 nitrogen and oxygen atoms in total. The first-order chi connectivity index (χ1) is 14.6. The minimum Gasteiger partial charge on any atom is -0.460 e. The first-order valence-electron chi connectivity index (χ1n) is 9.64. The number of carbonyl (C=O) groups is 3. The van der Waals surface area contributed by atoms with E-state index in [0.717, 1.165) is 6.42 Å². The van der Waals surface area contributed by atoms with Crippen molar-refractivity contribution >= 4 is 45.3 Å². The number of fused-ring (bicyclic) bond motifs is 1. The summed E-state index contributed by atoms with van der Waals surface area (Å²) in [5.74, 6) is -0.995. The van der Waals surface area contributed by atoms with Crippen LogP contribution in [0.2, 0.25) is 0 Å². The van der Waals surface area contributed by atoms with E-state index in [0.29, 0.717) is 40.3 Å². The molecule has 3 aromatic rings. The van der Waals surface area contributed by atoms with Crippen molar-refractivity contribution in [3.63, 3.8) is 0 Å². The van der Waals surface area contributed by atoms with Crippen molar-refractivity contribution in [2.24, 2.45) is 0 Å². The first kappa shape index (κ1) is 20.1. The van der Waals surface area contributed by atoms with E-state index in [-0.39, 0.29) is 31.3 Å². The van der Waals surface area contributed by atoms with E-state index in [1.807, 2.05) is 6.07 Å². The van der Waals surface area contributed by atoms with Crippen LogP contribution in [0.25, 0.3) is 11.0 Å². The molecule has 30 heavy (non-hydrogen) atoms. The zero-order chi connectivity index (χ0) is 21.1. The van der Waals surface area contributed by atoms with Crippen molar-refractivity contribution in [2.75, 3.05) is 18.1 Å². The number of para-hydroxylation sites is 1. The smallest absolute Gasteiger partial charge is 0.374 e. The summed E-state index contributed by atoms with van der Waals surface area (Å²) >= 11 is 1.33. The molecule has 1 saturated heterocycles. The normalized spacial score (nSPS) is 13.8. The largest absolute Gasteiger partial charge is 0.460 e. The van der Waals surface area contributed by atoms with Crippen LogP contribution < -0.4 is 4.90 Å². The van der Waals surface area contributed by atoms with Gasteiger partial charge in [0.15, 0.2) is 5.13 Å². The quantitative estimate of drug-likeness (QED) is 0.531. The van der Waals surface area contributed by atoms with Gasteiger partial charge in [-0.05, 0) is 19.4 Å². The van der Waals surface area contributed by atoms with Crippen molar-refractivity contribution in [2.45, 2.75) is 32.8 Å². The van der Waals surface area contributed by atoms with Crippen molar-refractivity contribution in [3.05, 3.63) is 46.7 Å². The van der Waals surface area contributed by atoms with Crippen LogP contribution in [0, 0.1) is 0 Å². The highest BCUT2D eigenvalue weighted by Gasteiger charge is 2.25. The molecule has 4 rings (SSSR count). The highest BCUT2D eigenvalue weighted by molar-refractivity contribution is 7.14. The van der Waals surface area contributed by atoms with Crippen LogP contribution in [0.1, 0.15) is 41.6 Å². The molecule has 1 aliphatic rings. The molecule has 0 aliphatic carbocycles. The highest BCUT2D eigenvalue weighted by Crippen LogP contribution is 2.28. The van der Waals surface area contributed by atoms with Gasteiger partial charge in [0.25, 0.3) is 0 Å². The number of nitrogens with zero attached hydrogens (tertiary/aromatic N) is 2. The summed E-state index contributed by atoms with van der Waals surface area (Å²) in [7, 11) is 0. The summed E-state index contributed by atoms with van der Waals surface area (Å²) in [6, 6.07) is 7.14. The number of rotatable bonds is 7. The fraction of sp³-hybridized carbons (Fsp3) is 0.333. The van der Waals surface area contributed by atoms with Gasteiger partial charge in [-0.2, -0.15) is 0 Å². The number of hydrogen-bond donors (Lipinski definition) is 0. The summed E-state index contributed by atoms with van der Waals surface area (Å²) < 4.78 is 16.1. The van der Waals surface area contributed by atoms with Crippen LogP contribution in [0.5, 0.6) is 0 Å². The Morgan fingerprint density at radius 2 is 2.10 bits per heavy atom. The lowest BCUT2D eigenvalue weighted by molar-refractivity contribution is -0.144. The Balaban J connectivity index is 1.44. The molecule has 0 N–H and O–H groups in total. The lowest BCUT2D eigenvalue weighted by atomic mass is 10.1. The van der Waals surface area contributed by atoms with Crippen LogP contribution in [0.3, 0.4) is 0 Å². The van der Waals surface area contributed by atoms with Crippen molar-refractivity contribution in [1.29, 1.82) is 0 Å². The van der Waals surface area contributed by atoms with Crippen LogP contribution >= 0.6 is 11.3 Å². The van der Waals surface area contributed by atoms with Crippen molar-refractivity contribution in [1.82, 2.24) is 4.98 Å². The maximum atomic E-state index is 12.4. The van der Waals surface area contributed by atoms with E-state index >= 15 is 0 Å². The average Bonchev–Trinajstić information content (AvgIpc) is 3.44. The number of hydrogen-bond acceptors (Lipinski definition) is 8. The Kier molecular flexibility index (Phi) is 5.80. The van der Waals surface area contributed by atoms with Crippen molar-refractivity contribution in [3.8, 4) is 0 Å². The molecule has 9 heteroatoms. The molecular weight excluding hydrogens is 408 g/mol. The fourth-order valence-electron chi connectivity index (χ4n) is 3.31. The summed E-state index contributed by atoms with van der Waals surface area (Å²) in [5.41, 5.74) is 1.53. The van der Waals surface area contributed by atoms with Gasteiger partial charge in [0.05, 0.1) is 24.3 Å². The molecule has 0 atom stereocenters. The van der Waals surface area contributed by atoms with Gasteiger partial charge in [-0.3, -0.25) is 14.5 Å². The Bertz CT molecular complexity index is 1100. The first-order valence-corrected chi connectivity index (χ1v) is 10.5. The Hall–Kier alpha value is -3.20. The van der Waals surface area contributed by atoms with Crippen LogP contribution in [-0.2, 0) is 32.1 Å². The standard InChI is InChI=1S/C21H20N2O6S/c1-2-27-20(26)19-15(14-6-3-4-7-16(14)29-19)11-28-18(25)10-13-12-30-21(22-13)23-9-5-8-17(23)24/h3-4,6-7,12H,2,5,8-11H2,1H3. The number of carbonyl (C=O) groups excluding carboxylic acids is 3. The third kappa shape index (κ3) is 4.06. The Morgan fingerprint density at radius 1 is 1.27 bits per heavy atom. The number of anilines is 1. The molecule has 0 unspecified atom stereocenters. The second kappa shape index (κ2) is 8.66.